The zero-order valence-corrected chi connectivity index (χ0v) is 12.5. The number of hydrogen-bond donors (Lipinski definition) is 2. The van der Waals surface area contributed by atoms with Crippen LogP contribution in [0.25, 0.3) is 0 Å². The van der Waals surface area contributed by atoms with Gasteiger partial charge in [0.05, 0.1) is 6.61 Å². The van der Waals surface area contributed by atoms with Gasteiger partial charge in [-0.1, -0.05) is 0 Å². The van der Waals surface area contributed by atoms with Crippen LogP contribution >= 0.6 is 12.4 Å². The lowest BCUT2D eigenvalue weighted by molar-refractivity contribution is 0.199. The SMILES string of the molecule is COCCNCCNS(=O)(=O)c1cc(F)ccc1F.Cl. The van der Waals surface area contributed by atoms with Gasteiger partial charge in [-0.3, -0.25) is 0 Å². The number of sulfonamides is 1. The summed E-state index contributed by atoms with van der Waals surface area (Å²) in [6.07, 6.45) is 0. The van der Waals surface area contributed by atoms with Crippen LogP contribution in [0.5, 0.6) is 0 Å². The Morgan fingerprint density at radius 2 is 1.90 bits per heavy atom. The maximum Gasteiger partial charge on any atom is 0.243 e. The number of halogens is 3. The van der Waals surface area contributed by atoms with Crippen LogP contribution in [0.4, 0.5) is 8.78 Å². The predicted molar refractivity (Wildman–Crippen MR) is 73.5 cm³/mol. The van der Waals surface area contributed by atoms with Crippen molar-refractivity contribution in [3.63, 3.8) is 0 Å². The minimum absolute atomic E-state index is 0. The molecule has 0 heterocycles. The summed E-state index contributed by atoms with van der Waals surface area (Å²) in [6, 6.07) is 2.29. The summed E-state index contributed by atoms with van der Waals surface area (Å²) < 4.78 is 56.7. The van der Waals surface area contributed by atoms with E-state index in [-0.39, 0.29) is 19.0 Å². The van der Waals surface area contributed by atoms with E-state index in [9.17, 15) is 17.2 Å². The first-order chi connectivity index (χ1) is 8.97. The Kier molecular flexibility index (Phi) is 8.83. The molecule has 0 spiro atoms. The average molecular weight is 331 g/mol. The fraction of sp³-hybridized carbons (Fsp3) is 0.455. The molecule has 0 aliphatic heterocycles. The summed E-state index contributed by atoms with van der Waals surface area (Å²) in [7, 11) is -2.49. The van der Waals surface area contributed by atoms with Crippen molar-refractivity contribution >= 4 is 22.4 Å². The van der Waals surface area contributed by atoms with Gasteiger partial charge in [0, 0.05) is 26.7 Å². The molecule has 0 radical (unpaired) electrons. The van der Waals surface area contributed by atoms with Gasteiger partial charge < -0.3 is 10.1 Å². The van der Waals surface area contributed by atoms with Gasteiger partial charge in [-0.15, -0.1) is 12.4 Å². The van der Waals surface area contributed by atoms with E-state index in [1.807, 2.05) is 0 Å². The fourth-order valence-electron chi connectivity index (χ4n) is 1.33. The Morgan fingerprint density at radius 3 is 2.55 bits per heavy atom. The van der Waals surface area contributed by atoms with Crippen molar-refractivity contribution in [3.8, 4) is 0 Å². The molecular weight excluding hydrogens is 314 g/mol. The molecule has 5 nitrogen and oxygen atoms in total. The fourth-order valence-corrected chi connectivity index (χ4v) is 2.45. The normalized spacial score (nSPS) is 11.2. The number of nitrogens with one attached hydrogen (secondary N) is 2. The number of ether oxygens (including phenoxy) is 1. The molecule has 9 heteroatoms. The van der Waals surface area contributed by atoms with Gasteiger partial charge in [0.1, 0.15) is 16.5 Å². The molecule has 2 N–H and O–H groups in total. The van der Waals surface area contributed by atoms with Crippen LogP contribution in [-0.2, 0) is 14.8 Å². The Bertz CT molecular complexity index is 514. The van der Waals surface area contributed by atoms with Crippen LogP contribution in [-0.4, -0.2) is 41.8 Å². The molecule has 1 aromatic rings. The standard InChI is InChI=1S/C11H16F2N2O3S.ClH/c1-18-7-6-14-4-5-15-19(16,17)11-8-9(12)2-3-10(11)13;/h2-3,8,14-15H,4-7H2,1H3;1H. The highest BCUT2D eigenvalue weighted by Crippen LogP contribution is 2.15. The molecular formula is C11H17ClF2N2O3S. The lowest BCUT2D eigenvalue weighted by Gasteiger charge is -2.08. The van der Waals surface area contributed by atoms with Gasteiger partial charge in [-0.2, -0.15) is 0 Å². The summed E-state index contributed by atoms with van der Waals surface area (Å²) in [5, 5.41) is 2.92. The molecule has 0 aromatic heterocycles. The highest BCUT2D eigenvalue weighted by atomic mass is 35.5. The van der Waals surface area contributed by atoms with E-state index in [1.54, 1.807) is 7.11 Å². The van der Waals surface area contributed by atoms with Gasteiger partial charge in [0.15, 0.2) is 0 Å². The topological polar surface area (TPSA) is 67.4 Å². The van der Waals surface area contributed by atoms with Crippen LogP contribution in [0.2, 0.25) is 0 Å². The molecule has 20 heavy (non-hydrogen) atoms. The molecule has 0 aliphatic rings. The second-order valence-corrected chi connectivity index (χ2v) is 5.45. The van der Waals surface area contributed by atoms with Crippen LogP contribution in [0.3, 0.4) is 0 Å². The highest BCUT2D eigenvalue weighted by Gasteiger charge is 2.19. The van der Waals surface area contributed by atoms with Crippen molar-refractivity contribution in [1.82, 2.24) is 10.0 Å². The Labute approximate surface area is 123 Å². The number of benzene rings is 1. The molecule has 0 saturated carbocycles. The maximum absolute atomic E-state index is 13.3. The molecule has 0 atom stereocenters. The van der Waals surface area contributed by atoms with E-state index in [0.29, 0.717) is 25.8 Å². The van der Waals surface area contributed by atoms with Gasteiger partial charge in [-0.25, -0.2) is 21.9 Å². The Morgan fingerprint density at radius 1 is 1.20 bits per heavy atom. The molecule has 1 rings (SSSR count). The van der Waals surface area contributed by atoms with Crippen LogP contribution in [0.15, 0.2) is 23.1 Å². The predicted octanol–water partition coefficient (Wildman–Crippen LogP) is 0.901. The van der Waals surface area contributed by atoms with Crippen molar-refractivity contribution in [1.29, 1.82) is 0 Å². The van der Waals surface area contributed by atoms with Gasteiger partial charge in [-0.05, 0) is 18.2 Å². The van der Waals surface area contributed by atoms with Crippen molar-refractivity contribution < 1.29 is 21.9 Å². The smallest absolute Gasteiger partial charge is 0.243 e. The summed E-state index contributed by atoms with van der Waals surface area (Å²) >= 11 is 0. The molecule has 0 bridgehead atoms. The van der Waals surface area contributed by atoms with Crippen LogP contribution < -0.4 is 10.0 Å². The Balaban J connectivity index is 0.00000361. The lowest BCUT2D eigenvalue weighted by Crippen LogP contribution is -2.33. The quantitative estimate of drug-likeness (QED) is 0.695. The zero-order chi connectivity index (χ0) is 14.3. The molecule has 0 fully saturated rings. The first-order valence-electron chi connectivity index (χ1n) is 5.62. The van der Waals surface area contributed by atoms with Crippen molar-refractivity contribution in [2.24, 2.45) is 0 Å². The molecule has 0 saturated heterocycles. The van der Waals surface area contributed by atoms with Gasteiger partial charge in [0.2, 0.25) is 10.0 Å². The van der Waals surface area contributed by atoms with E-state index in [2.05, 4.69) is 10.0 Å². The minimum atomic E-state index is -4.04. The van der Waals surface area contributed by atoms with Gasteiger partial charge >= 0.3 is 0 Å². The van der Waals surface area contributed by atoms with E-state index in [4.69, 9.17) is 4.74 Å². The van der Waals surface area contributed by atoms with Gasteiger partial charge in [0.25, 0.3) is 0 Å². The second-order valence-electron chi connectivity index (χ2n) is 3.72. The zero-order valence-electron chi connectivity index (χ0n) is 10.9. The second kappa shape index (κ2) is 9.19. The number of rotatable bonds is 8. The molecule has 116 valence electrons. The van der Waals surface area contributed by atoms with Crippen molar-refractivity contribution in [2.45, 2.75) is 4.90 Å². The lowest BCUT2D eigenvalue weighted by atomic mass is 10.3. The molecule has 1 aromatic carbocycles. The van der Waals surface area contributed by atoms with E-state index in [0.717, 1.165) is 12.1 Å². The van der Waals surface area contributed by atoms with E-state index in [1.165, 1.54) is 0 Å². The maximum atomic E-state index is 13.3. The third-order valence-corrected chi connectivity index (χ3v) is 3.74. The largest absolute Gasteiger partial charge is 0.383 e. The first kappa shape index (κ1) is 19.2. The third-order valence-electron chi connectivity index (χ3n) is 2.26. The molecule has 0 aliphatic carbocycles. The first-order valence-corrected chi connectivity index (χ1v) is 7.10. The summed E-state index contributed by atoms with van der Waals surface area (Å²) in [6.45, 7) is 1.51. The monoisotopic (exact) mass is 330 g/mol. The van der Waals surface area contributed by atoms with E-state index >= 15 is 0 Å². The van der Waals surface area contributed by atoms with Crippen LogP contribution in [0, 0.1) is 11.6 Å². The molecule has 0 unspecified atom stereocenters. The summed E-state index contributed by atoms with van der Waals surface area (Å²) in [5.41, 5.74) is 0. The number of hydrogen-bond acceptors (Lipinski definition) is 4. The highest BCUT2D eigenvalue weighted by molar-refractivity contribution is 7.89. The summed E-state index contributed by atoms with van der Waals surface area (Å²) in [5.74, 6) is -1.79. The average Bonchev–Trinajstić information content (AvgIpc) is 2.36. The molecule has 0 amide bonds. The number of methoxy groups -OCH3 is 1. The third kappa shape index (κ3) is 6.10. The van der Waals surface area contributed by atoms with Crippen molar-refractivity contribution in [2.75, 3.05) is 33.4 Å². The minimum Gasteiger partial charge on any atom is -0.383 e. The van der Waals surface area contributed by atoms with E-state index < -0.39 is 26.6 Å². The summed E-state index contributed by atoms with van der Waals surface area (Å²) in [4.78, 5) is -0.690. The Hall–Kier alpha value is -0.800. The van der Waals surface area contributed by atoms with Crippen molar-refractivity contribution in [3.05, 3.63) is 29.8 Å². The van der Waals surface area contributed by atoms with Crippen LogP contribution in [0.1, 0.15) is 0 Å².